The zero-order valence-corrected chi connectivity index (χ0v) is 10.2. The van der Waals surface area contributed by atoms with Crippen molar-refractivity contribution in [2.45, 2.75) is 19.8 Å². The second-order valence-corrected chi connectivity index (χ2v) is 3.47. The highest BCUT2D eigenvalue weighted by atomic mass is 16.5. The second-order valence-electron chi connectivity index (χ2n) is 3.47. The lowest BCUT2D eigenvalue weighted by molar-refractivity contribution is -0.140. The highest BCUT2D eigenvalue weighted by Crippen LogP contribution is 2.06. The van der Waals surface area contributed by atoms with Crippen LogP contribution in [0.2, 0.25) is 0 Å². The molecule has 0 fully saturated rings. The van der Waals surface area contributed by atoms with Gasteiger partial charge in [-0.05, 0) is 6.42 Å². The number of nitrogens with zero attached hydrogens (tertiary/aromatic N) is 2. The number of esters is 1. The number of carbonyl (C=O) groups excluding carboxylic acids is 1. The van der Waals surface area contributed by atoms with Crippen LogP contribution in [0.25, 0.3) is 0 Å². The average molecular weight is 238 g/mol. The van der Waals surface area contributed by atoms with Crippen LogP contribution in [-0.4, -0.2) is 36.1 Å². The highest BCUT2D eigenvalue weighted by Gasteiger charge is 2.01. The molecule has 0 aliphatic carbocycles. The first-order valence-electron chi connectivity index (χ1n) is 5.63. The number of hydrogen-bond donors (Lipinski definition) is 2. The van der Waals surface area contributed by atoms with Crippen LogP contribution >= 0.6 is 0 Å². The van der Waals surface area contributed by atoms with Gasteiger partial charge in [-0.15, -0.1) is 0 Å². The molecule has 1 aromatic heterocycles. The third-order valence-electron chi connectivity index (χ3n) is 2.05. The van der Waals surface area contributed by atoms with Crippen molar-refractivity contribution < 1.29 is 9.53 Å². The summed E-state index contributed by atoms with van der Waals surface area (Å²) < 4.78 is 4.54. The smallest absolute Gasteiger partial charge is 0.307 e. The standard InChI is InChI=1S/C11H18N4O2/c1-3-5-13-9-7-12-8-10(15-9)14-6-4-11(16)17-2/h7-8H,3-6H2,1-2H3,(H2,13,14,15). The number of aromatic nitrogens is 2. The largest absolute Gasteiger partial charge is 0.469 e. The normalized spacial score (nSPS) is 9.76. The Morgan fingerprint density at radius 3 is 2.53 bits per heavy atom. The van der Waals surface area contributed by atoms with Crippen LogP contribution in [0.1, 0.15) is 19.8 Å². The molecule has 0 amide bonds. The molecule has 17 heavy (non-hydrogen) atoms. The predicted octanol–water partition coefficient (Wildman–Crippen LogP) is 1.27. The molecule has 1 aromatic rings. The first-order chi connectivity index (χ1) is 8.26. The zero-order chi connectivity index (χ0) is 12.5. The second kappa shape index (κ2) is 7.43. The maximum atomic E-state index is 10.9. The van der Waals surface area contributed by atoms with Gasteiger partial charge in [0.1, 0.15) is 11.6 Å². The van der Waals surface area contributed by atoms with E-state index in [0.29, 0.717) is 18.8 Å². The zero-order valence-electron chi connectivity index (χ0n) is 10.2. The highest BCUT2D eigenvalue weighted by molar-refractivity contribution is 5.69. The Balaban J connectivity index is 2.40. The molecule has 0 atom stereocenters. The van der Waals surface area contributed by atoms with E-state index >= 15 is 0 Å². The van der Waals surface area contributed by atoms with Gasteiger partial charge in [-0.2, -0.15) is 0 Å². The number of rotatable bonds is 7. The van der Waals surface area contributed by atoms with E-state index in [-0.39, 0.29) is 5.97 Å². The fraction of sp³-hybridized carbons (Fsp3) is 0.545. The van der Waals surface area contributed by atoms with Gasteiger partial charge in [-0.1, -0.05) is 6.92 Å². The van der Waals surface area contributed by atoms with Crippen molar-refractivity contribution in [3.63, 3.8) is 0 Å². The molecular formula is C11H18N4O2. The Morgan fingerprint density at radius 2 is 1.94 bits per heavy atom. The molecule has 0 aromatic carbocycles. The van der Waals surface area contributed by atoms with Crippen LogP contribution in [0.5, 0.6) is 0 Å². The molecule has 0 unspecified atom stereocenters. The van der Waals surface area contributed by atoms with Gasteiger partial charge >= 0.3 is 5.97 Å². The van der Waals surface area contributed by atoms with E-state index in [0.717, 1.165) is 18.8 Å². The fourth-order valence-electron chi connectivity index (χ4n) is 1.18. The maximum Gasteiger partial charge on any atom is 0.307 e. The monoisotopic (exact) mass is 238 g/mol. The number of carbonyl (C=O) groups is 1. The summed E-state index contributed by atoms with van der Waals surface area (Å²) in [6.45, 7) is 3.43. The molecule has 1 rings (SSSR count). The molecule has 0 spiro atoms. The van der Waals surface area contributed by atoms with Crippen LogP contribution in [0.4, 0.5) is 11.6 Å². The Hall–Kier alpha value is -1.85. The van der Waals surface area contributed by atoms with Gasteiger partial charge < -0.3 is 15.4 Å². The van der Waals surface area contributed by atoms with Crippen LogP contribution in [0.15, 0.2) is 12.4 Å². The van der Waals surface area contributed by atoms with Crippen molar-refractivity contribution in [1.29, 1.82) is 0 Å². The topological polar surface area (TPSA) is 76.1 Å². The van der Waals surface area contributed by atoms with E-state index in [1.807, 2.05) is 0 Å². The van der Waals surface area contributed by atoms with E-state index in [1.165, 1.54) is 7.11 Å². The molecule has 0 saturated heterocycles. The van der Waals surface area contributed by atoms with Crippen LogP contribution in [0, 0.1) is 0 Å². The molecule has 6 heteroatoms. The minimum absolute atomic E-state index is 0.245. The summed E-state index contributed by atoms with van der Waals surface area (Å²) in [6.07, 6.45) is 4.63. The van der Waals surface area contributed by atoms with Gasteiger partial charge in [0.2, 0.25) is 0 Å². The van der Waals surface area contributed by atoms with Crippen molar-refractivity contribution in [2.75, 3.05) is 30.8 Å². The van der Waals surface area contributed by atoms with Gasteiger partial charge in [-0.25, -0.2) is 4.98 Å². The summed E-state index contributed by atoms with van der Waals surface area (Å²) in [5, 5.41) is 6.15. The van der Waals surface area contributed by atoms with Crippen LogP contribution in [-0.2, 0) is 9.53 Å². The minimum Gasteiger partial charge on any atom is -0.469 e. The van der Waals surface area contributed by atoms with Gasteiger partial charge in [0.15, 0.2) is 0 Å². The molecule has 6 nitrogen and oxygen atoms in total. The van der Waals surface area contributed by atoms with E-state index in [2.05, 4.69) is 32.3 Å². The fourth-order valence-corrected chi connectivity index (χ4v) is 1.18. The van der Waals surface area contributed by atoms with E-state index in [9.17, 15) is 4.79 Å². The number of nitrogens with one attached hydrogen (secondary N) is 2. The van der Waals surface area contributed by atoms with Crippen LogP contribution in [0.3, 0.4) is 0 Å². The third-order valence-corrected chi connectivity index (χ3v) is 2.05. The van der Waals surface area contributed by atoms with E-state index < -0.39 is 0 Å². The number of ether oxygens (including phenoxy) is 1. The minimum atomic E-state index is -0.245. The quantitative estimate of drug-likeness (QED) is 0.697. The lowest BCUT2D eigenvalue weighted by atomic mass is 10.4. The van der Waals surface area contributed by atoms with Crippen molar-refractivity contribution in [3.05, 3.63) is 12.4 Å². The molecular weight excluding hydrogens is 220 g/mol. The first-order valence-corrected chi connectivity index (χ1v) is 5.63. The van der Waals surface area contributed by atoms with E-state index in [4.69, 9.17) is 0 Å². The Bertz CT molecular complexity index is 357. The summed E-state index contributed by atoms with van der Waals surface area (Å²) in [6, 6.07) is 0. The van der Waals surface area contributed by atoms with Gasteiger partial charge in [-0.3, -0.25) is 9.78 Å². The van der Waals surface area contributed by atoms with Gasteiger partial charge in [0, 0.05) is 13.1 Å². The third kappa shape index (κ3) is 5.14. The summed E-state index contributed by atoms with van der Waals surface area (Å²) in [5.41, 5.74) is 0. The lowest BCUT2D eigenvalue weighted by Crippen LogP contribution is -2.11. The molecule has 0 aliphatic rings. The van der Waals surface area contributed by atoms with Gasteiger partial charge in [0.05, 0.1) is 25.9 Å². The molecule has 2 N–H and O–H groups in total. The lowest BCUT2D eigenvalue weighted by Gasteiger charge is -2.07. The van der Waals surface area contributed by atoms with E-state index in [1.54, 1.807) is 12.4 Å². The predicted molar refractivity (Wildman–Crippen MR) is 65.9 cm³/mol. The summed E-state index contributed by atoms with van der Waals surface area (Å²) in [7, 11) is 1.37. The molecule has 94 valence electrons. The first kappa shape index (κ1) is 13.2. The van der Waals surface area contributed by atoms with Crippen molar-refractivity contribution in [1.82, 2.24) is 9.97 Å². The summed E-state index contributed by atoms with van der Waals surface area (Å²) >= 11 is 0. The van der Waals surface area contributed by atoms with Gasteiger partial charge in [0.25, 0.3) is 0 Å². The summed E-state index contributed by atoms with van der Waals surface area (Å²) in [5.74, 6) is 1.13. The molecule has 1 heterocycles. The Kier molecular flexibility index (Phi) is 5.77. The summed E-state index contributed by atoms with van der Waals surface area (Å²) in [4.78, 5) is 19.2. The maximum absolute atomic E-state index is 10.9. The molecule has 0 saturated carbocycles. The van der Waals surface area contributed by atoms with Crippen molar-refractivity contribution in [3.8, 4) is 0 Å². The number of methoxy groups -OCH3 is 1. The van der Waals surface area contributed by atoms with Crippen LogP contribution < -0.4 is 10.6 Å². The van der Waals surface area contributed by atoms with Crippen molar-refractivity contribution in [2.24, 2.45) is 0 Å². The average Bonchev–Trinajstić information content (AvgIpc) is 2.36. The molecule has 0 radical (unpaired) electrons. The Morgan fingerprint density at radius 1 is 1.29 bits per heavy atom. The number of hydrogen-bond acceptors (Lipinski definition) is 6. The van der Waals surface area contributed by atoms with Crippen molar-refractivity contribution >= 4 is 17.6 Å². The Labute approximate surface area is 101 Å². The molecule has 0 bridgehead atoms. The number of anilines is 2. The molecule has 0 aliphatic heterocycles. The SMILES string of the molecule is CCCNc1cncc(NCCC(=O)OC)n1.